The number of carbonyl (C=O) groups excluding carboxylic acids is 1. The number of halogens is 2. The van der Waals surface area contributed by atoms with Gasteiger partial charge in [-0.1, -0.05) is 19.9 Å². The number of nitrogens with one attached hydrogen (secondary N) is 1. The van der Waals surface area contributed by atoms with Gasteiger partial charge in [0.2, 0.25) is 5.91 Å². The molecule has 150 valence electrons. The first-order chi connectivity index (χ1) is 13.8. The van der Waals surface area contributed by atoms with Crippen molar-refractivity contribution in [3.63, 3.8) is 0 Å². The number of nitrogens with zero attached hydrogens (tertiary/aromatic N) is 2. The van der Waals surface area contributed by atoms with Gasteiger partial charge < -0.3 is 9.88 Å². The molecule has 0 radical (unpaired) electrons. The zero-order chi connectivity index (χ0) is 21.0. The number of pyridine rings is 2. The van der Waals surface area contributed by atoms with Gasteiger partial charge in [-0.15, -0.1) is 0 Å². The highest BCUT2D eigenvalue weighted by molar-refractivity contribution is 5.75. The lowest BCUT2D eigenvalue weighted by molar-refractivity contribution is -0.121. The molecule has 0 aliphatic rings. The number of aromatic nitrogens is 2. The Balaban J connectivity index is 1.65. The Labute approximate surface area is 167 Å². The smallest absolute Gasteiger partial charge is 0.251 e. The minimum Gasteiger partial charge on any atom is -0.350 e. The first kappa shape index (κ1) is 20.4. The molecule has 0 aliphatic heterocycles. The second-order valence-electron chi connectivity index (χ2n) is 7.03. The van der Waals surface area contributed by atoms with Crippen molar-refractivity contribution in [2.75, 3.05) is 0 Å². The molecule has 7 heteroatoms. The van der Waals surface area contributed by atoms with E-state index in [1.807, 2.05) is 26.0 Å². The number of hydrogen-bond donors (Lipinski definition) is 1. The van der Waals surface area contributed by atoms with Gasteiger partial charge in [0.1, 0.15) is 6.54 Å². The van der Waals surface area contributed by atoms with Gasteiger partial charge in [0.25, 0.3) is 5.56 Å². The van der Waals surface area contributed by atoms with Gasteiger partial charge in [-0.25, -0.2) is 8.78 Å². The molecule has 2 heterocycles. The fourth-order valence-electron chi connectivity index (χ4n) is 2.83. The second-order valence-corrected chi connectivity index (χ2v) is 7.03. The van der Waals surface area contributed by atoms with E-state index >= 15 is 0 Å². The van der Waals surface area contributed by atoms with Gasteiger partial charge in [-0.2, -0.15) is 0 Å². The molecule has 0 bridgehead atoms. The van der Waals surface area contributed by atoms with Crippen LogP contribution in [0.2, 0.25) is 0 Å². The topological polar surface area (TPSA) is 64.0 Å². The molecule has 5 nitrogen and oxygen atoms in total. The van der Waals surface area contributed by atoms with Gasteiger partial charge in [0.15, 0.2) is 11.6 Å². The molecule has 2 aromatic heterocycles. The molecule has 0 atom stereocenters. The standard InChI is InChI=1S/C22H21F2N3O2/c1-14(2)20-9-15(5-7-25-20)12-26-21(28)13-27-8-6-17(11-22(27)29)16-3-4-18(23)19(24)10-16/h3-11,14H,12-13H2,1-2H3,(H,26,28). The van der Waals surface area contributed by atoms with Crippen molar-refractivity contribution in [3.8, 4) is 11.1 Å². The van der Waals surface area contributed by atoms with Crippen LogP contribution < -0.4 is 10.9 Å². The summed E-state index contributed by atoms with van der Waals surface area (Å²) in [5.74, 6) is -1.95. The van der Waals surface area contributed by atoms with Crippen molar-refractivity contribution in [2.45, 2.75) is 32.9 Å². The molecule has 0 spiro atoms. The van der Waals surface area contributed by atoms with E-state index in [1.165, 1.54) is 22.9 Å². The Kier molecular flexibility index (Phi) is 6.16. The van der Waals surface area contributed by atoms with Crippen LogP contribution in [0.1, 0.15) is 31.0 Å². The normalized spacial score (nSPS) is 10.9. The van der Waals surface area contributed by atoms with E-state index in [9.17, 15) is 18.4 Å². The minimum absolute atomic E-state index is 0.140. The maximum absolute atomic E-state index is 13.4. The molecule has 1 amide bonds. The minimum atomic E-state index is -0.984. The van der Waals surface area contributed by atoms with Crippen LogP contribution in [0.3, 0.4) is 0 Å². The van der Waals surface area contributed by atoms with Crippen LogP contribution in [-0.4, -0.2) is 15.5 Å². The van der Waals surface area contributed by atoms with E-state index in [2.05, 4.69) is 10.3 Å². The highest BCUT2D eigenvalue weighted by Gasteiger charge is 2.09. The molecule has 0 saturated carbocycles. The first-order valence-electron chi connectivity index (χ1n) is 9.21. The van der Waals surface area contributed by atoms with E-state index < -0.39 is 17.2 Å². The number of benzene rings is 1. The zero-order valence-corrected chi connectivity index (χ0v) is 16.2. The second kappa shape index (κ2) is 8.77. The van der Waals surface area contributed by atoms with Gasteiger partial charge in [0.05, 0.1) is 0 Å². The van der Waals surface area contributed by atoms with Gasteiger partial charge in [0, 0.05) is 30.7 Å². The Bertz CT molecular complexity index is 1090. The Morgan fingerprint density at radius 2 is 1.83 bits per heavy atom. The van der Waals surface area contributed by atoms with Crippen molar-refractivity contribution in [1.82, 2.24) is 14.9 Å². The Morgan fingerprint density at radius 3 is 2.52 bits per heavy atom. The Morgan fingerprint density at radius 1 is 1.07 bits per heavy atom. The predicted octanol–water partition coefficient (Wildman–Crippen LogP) is 3.63. The van der Waals surface area contributed by atoms with Crippen LogP contribution in [0.15, 0.2) is 59.7 Å². The lowest BCUT2D eigenvalue weighted by Gasteiger charge is -2.10. The van der Waals surface area contributed by atoms with E-state index in [4.69, 9.17) is 0 Å². The van der Waals surface area contributed by atoms with Crippen molar-refractivity contribution < 1.29 is 13.6 Å². The quantitative estimate of drug-likeness (QED) is 0.691. The molecule has 0 fully saturated rings. The van der Waals surface area contributed by atoms with Crippen LogP contribution in [0.4, 0.5) is 8.78 Å². The number of hydrogen-bond acceptors (Lipinski definition) is 3. The van der Waals surface area contributed by atoms with E-state index in [1.54, 1.807) is 12.3 Å². The number of rotatable bonds is 6. The van der Waals surface area contributed by atoms with Crippen LogP contribution in [0.25, 0.3) is 11.1 Å². The van der Waals surface area contributed by atoms with Crippen molar-refractivity contribution in [3.05, 3.63) is 88.1 Å². The van der Waals surface area contributed by atoms with Gasteiger partial charge in [-0.3, -0.25) is 14.6 Å². The van der Waals surface area contributed by atoms with Crippen LogP contribution in [-0.2, 0) is 17.9 Å². The van der Waals surface area contributed by atoms with E-state index in [0.717, 1.165) is 23.4 Å². The lowest BCUT2D eigenvalue weighted by atomic mass is 10.1. The summed E-state index contributed by atoms with van der Waals surface area (Å²) in [6.45, 7) is 4.28. The van der Waals surface area contributed by atoms with E-state index in [0.29, 0.717) is 17.7 Å². The molecule has 1 aromatic carbocycles. The third kappa shape index (κ3) is 5.13. The SMILES string of the molecule is CC(C)c1cc(CNC(=O)Cn2ccc(-c3ccc(F)c(F)c3)cc2=O)ccn1. The fraction of sp³-hybridized carbons (Fsp3) is 0.227. The predicted molar refractivity (Wildman–Crippen MR) is 106 cm³/mol. The van der Waals surface area contributed by atoms with Crippen molar-refractivity contribution >= 4 is 5.91 Å². The zero-order valence-electron chi connectivity index (χ0n) is 16.2. The van der Waals surface area contributed by atoms with Crippen molar-refractivity contribution in [2.24, 2.45) is 0 Å². The monoisotopic (exact) mass is 397 g/mol. The van der Waals surface area contributed by atoms with Crippen molar-refractivity contribution in [1.29, 1.82) is 0 Å². The average Bonchev–Trinajstić information content (AvgIpc) is 2.70. The van der Waals surface area contributed by atoms with Gasteiger partial charge >= 0.3 is 0 Å². The summed E-state index contributed by atoms with van der Waals surface area (Å²) in [5.41, 5.74) is 2.30. The molecule has 0 unspecified atom stereocenters. The first-order valence-corrected chi connectivity index (χ1v) is 9.21. The summed E-state index contributed by atoms with van der Waals surface area (Å²) < 4.78 is 27.7. The highest BCUT2D eigenvalue weighted by atomic mass is 19.2. The molecule has 3 aromatic rings. The number of carbonyl (C=O) groups is 1. The molecule has 3 rings (SSSR count). The summed E-state index contributed by atoms with van der Waals surface area (Å²) in [6.07, 6.45) is 3.17. The Hall–Kier alpha value is -3.35. The fourth-order valence-corrected chi connectivity index (χ4v) is 2.83. The highest BCUT2D eigenvalue weighted by Crippen LogP contribution is 2.20. The van der Waals surface area contributed by atoms with Crippen LogP contribution in [0, 0.1) is 11.6 Å². The molecule has 0 saturated heterocycles. The molecule has 29 heavy (non-hydrogen) atoms. The summed E-state index contributed by atoms with van der Waals surface area (Å²) in [4.78, 5) is 28.8. The molecule has 0 aliphatic carbocycles. The summed E-state index contributed by atoms with van der Waals surface area (Å²) >= 11 is 0. The van der Waals surface area contributed by atoms with Gasteiger partial charge in [-0.05, 0) is 52.9 Å². The maximum Gasteiger partial charge on any atom is 0.251 e. The van der Waals surface area contributed by atoms with Crippen LogP contribution in [0.5, 0.6) is 0 Å². The van der Waals surface area contributed by atoms with E-state index in [-0.39, 0.29) is 18.4 Å². The molecule has 1 N–H and O–H groups in total. The van der Waals surface area contributed by atoms with Crippen LogP contribution >= 0.6 is 0 Å². The third-order valence-corrected chi connectivity index (χ3v) is 4.49. The summed E-state index contributed by atoms with van der Waals surface area (Å²) in [7, 11) is 0. The summed E-state index contributed by atoms with van der Waals surface area (Å²) in [6, 6.07) is 10.1. The third-order valence-electron chi connectivity index (χ3n) is 4.49. The molecular weight excluding hydrogens is 376 g/mol. The summed E-state index contributed by atoms with van der Waals surface area (Å²) in [5, 5.41) is 2.78. The largest absolute Gasteiger partial charge is 0.350 e. The average molecular weight is 397 g/mol. The molecular formula is C22H21F2N3O2. The lowest BCUT2D eigenvalue weighted by Crippen LogP contribution is -2.31. The maximum atomic E-state index is 13.4. The number of amides is 1.